The van der Waals surface area contributed by atoms with Gasteiger partial charge >= 0.3 is 5.69 Å². The number of anilines is 1. The minimum absolute atomic E-state index is 0.484. The molecule has 0 amide bonds. The monoisotopic (exact) mass is 416 g/mol. The first-order chi connectivity index (χ1) is 10.3. The minimum Gasteiger partial charge on any atom is -0.371 e. The van der Waals surface area contributed by atoms with E-state index in [0.717, 1.165) is 12.1 Å². The highest BCUT2D eigenvalue weighted by molar-refractivity contribution is 14.1. The van der Waals surface area contributed by atoms with Crippen molar-refractivity contribution in [3.63, 3.8) is 0 Å². The van der Waals surface area contributed by atoms with Crippen molar-refractivity contribution in [3.05, 3.63) is 68.0 Å². The fourth-order valence-corrected chi connectivity index (χ4v) is 2.38. The number of halogens is 2. The van der Waals surface area contributed by atoms with Crippen molar-refractivity contribution >= 4 is 34.0 Å². The van der Waals surface area contributed by atoms with E-state index < -0.39 is 16.4 Å². The molecule has 6 heteroatoms. The maximum atomic E-state index is 12.4. The molecule has 0 saturated carbocycles. The van der Waals surface area contributed by atoms with Crippen LogP contribution in [-0.2, 0) is 0 Å². The molecule has 0 aliphatic carbocycles. The number of nitro benzene ring substituents is 1. The fourth-order valence-electron chi connectivity index (χ4n) is 1.62. The lowest BCUT2D eigenvalue weighted by atomic mass is 10.2. The van der Waals surface area contributed by atoms with Gasteiger partial charge in [-0.05, 0) is 54.6 Å². The largest absolute Gasteiger partial charge is 0.371 e. The summed E-state index contributed by atoms with van der Waals surface area (Å²) in [6.45, 7) is 4.39. The number of hydrogen-bond donors (Lipinski definition) is 0. The standard InChI is InChI=1S/C10H14IN.C6H4FNO2/c1-8(2)12(3)10-7-5-4-6-9(10)11;7-5-3-1-2-4-6(5)8(9)10/h4-8H,1-3H3;1-4H. The first kappa shape index (κ1) is 18.3. The van der Waals surface area contributed by atoms with E-state index in [1.807, 2.05) is 0 Å². The van der Waals surface area contributed by atoms with Crippen LogP contribution in [-0.4, -0.2) is 18.0 Å². The molecule has 0 saturated heterocycles. The van der Waals surface area contributed by atoms with Crippen molar-refractivity contribution in [1.29, 1.82) is 0 Å². The summed E-state index contributed by atoms with van der Waals surface area (Å²) in [7, 11) is 2.13. The van der Waals surface area contributed by atoms with Gasteiger partial charge in [0.25, 0.3) is 0 Å². The number of rotatable bonds is 3. The molecule has 2 aromatic rings. The van der Waals surface area contributed by atoms with Crippen molar-refractivity contribution in [2.75, 3.05) is 11.9 Å². The smallest absolute Gasteiger partial charge is 0.304 e. The van der Waals surface area contributed by atoms with Crippen LogP contribution in [0, 0.1) is 19.5 Å². The van der Waals surface area contributed by atoms with Gasteiger partial charge in [-0.25, -0.2) is 0 Å². The molecule has 2 rings (SSSR count). The zero-order chi connectivity index (χ0) is 16.7. The summed E-state index contributed by atoms with van der Waals surface area (Å²) in [5.74, 6) is -0.799. The third-order valence-electron chi connectivity index (χ3n) is 3.06. The second-order valence-corrected chi connectivity index (χ2v) is 6.03. The number of nitrogens with zero attached hydrogens (tertiary/aromatic N) is 2. The Hall–Kier alpha value is -1.70. The van der Waals surface area contributed by atoms with Crippen LogP contribution in [0.25, 0.3) is 0 Å². The molecule has 0 N–H and O–H groups in total. The summed E-state index contributed by atoms with van der Waals surface area (Å²) in [6.07, 6.45) is 0. The fraction of sp³-hybridized carbons (Fsp3) is 0.250. The van der Waals surface area contributed by atoms with Crippen molar-refractivity contribution in [1.82, 2.24) is 0 Å². The summed E-state index contributed by atoms with van der Waals surface area (Å²) >= 11 is 2.37. The van der Waals surface area contributed by atoms with Crippen LogP contribution >= 0.6 is 22.6 Å². The average molecular weight is 416 g/mol. The van der Waals surface area contributed by atoms with E-state index in [9.17, 15) is 14.5 Å². The molecule has 0 aromatic heterocycles. The molecule has 118 valence electrons. The third kappa shape index (κ3) is 5.25. The lowest BCUT2D eigenvalue weighted by Crippen LogP contribution is -2.26. The second kappa shape index (κ2) is 8.67. The predicted molar refractivity (Wildman–Crippen MR) is 95.8 cm³/mol. The van der Waals surface area contributed by atoms with Crippen LogP contribution in [0.5, 0.6) is 0 Å². The lowest BCUT2D eigenvalue weighted by Gasteiger charge is -2.24. The van der Waals surface area contributed by atoms with E-state index in [0.29, 0.717) is 6.04 Å². The molecule has 0 heterocycles. The van der Waals surface area contributed by atoms with E-state index in [1.54, 1.807) is 0 Å². The highest BCUT2D eigenvalue weighted by atomic mass is 127. The number of benzene rings is 2. The molecule has 0 aliphatic rings. The van der Waals surface area contributed by atoms with Crippen molar-refractivity contribution in [2.24, 2.45) is 0 Å². The highest BCUT2D eigenvalue weighted by Gasteiger charge is 2.10. The molecule has 0 atom stereocenters. The van der Waals surface area contributed by atoms with E-state index in [2.05, 4.69) is 72.7 Å². The average Bonchev–Trinajstić information content (AvgIpc) is 2.48. The van der Waals surface area contributed by atoms with Gasteiger partial charge < -0.3 is 4.90 Å². The Balaban J connectivity index is 0.000000224. The Labute approximate surface area is 143 Å². The summed E-state index contributed by atoms with van der Waals surface area (Å²) in [5.41, 5.74) is 0.829. The molecule has 0 bridgehead atoms. The summed E-state index contributed by atoms with van der Waals surface area (Å²) in [5, 5.41) is 9.99. The van der Waals surface area contributed by atoms with Crippen LogP contribution in [0.4, 0.5) is 15.8 Å². The van der Waals surface area contributed by atoms with Gasteiger partial charge in [-0.2, -0.15) is 4.39 Å². The first-order valence-electron chi connectivity index (χ1n) is 6.71. The van der Waals surface area contributed by atoms with Crippen LogP contribution in [0.15, 0.2) is 48.5 Å². The first-order valence-corrected chi connectivity index (χ1v) is 7.78. The quantitative estimate of drug-likeness (QED) is 0.408. The van der Waals surface area contributed by atoms with Gasteiger partial charge in [0, 0.05) is 22.7 Å². The summed E-state index contributed by atoms with van der Waals surface area (Å²) in [6, 6.07) is 14.0. The molecule has 0 radical (unpaired) electrons. The molecular weight excluding hydrogens is 398 g/mol. The van der Waals surface area contributed by atoms with Crippen LogP contribution in [0.2, 0.25) is 0 Å². The Kier molecular flexibility index (Phi) is 7.23. The second-order valence-electron chi connectivity index (χ2n) is 4.86. The minimum atomic E-state index is -0.799. The third-order valence-corrected chi connectivity index (χ3v) is 3.97. The van der Waals surface area contributed by atoms with E-state index in [1.165, 1.54) is 21.4 Å². The Morgan fingerprint density at radius 2 is 1.68 bits per heavy atom. The number of nitro groups is 1. The predicted octanol–water partition coefficient (Wildman–Crippen LogP) is 4.87. The molecule has 2 aromatic carbocycles. The maximum Gasteiger partial charge on any atom is 0.304 e. The van der Waals surface area contributed by atoms with Gasteiger partial charge in [0.2, 0.25) is 5.82 Å². The van der Waals surface area contributed by atoms with Gasteiger partial charge in [-0.15, -0.1) is 0 Å². The Bertz CT molecular complexity index is 635. The van der Waals surface area contributed by atoms with Gasteiger partial charge in [0.05, 0.1) is 10.6 Å². The molecule has 22 heavy (non-hydrogen) atoms. The van der Waals surface area contributed by atoms with Gasteiger partial charge in [-0.3, -0.25) is 10.1 Å². The Morgan fingerprint density at radius 1 is 1.14 bits per heavy atom. The summed E-state index contributed by atoms with van der Waals surface area (Å²) in [4.78, 5) is 11.5. The summed E-state index contributed by atoms with van der Waals surface area (Å²) < 4.78 is 13.7. The zero-order valence-electron chi connectivity index (χ0n) is 12.7. The topological polar surface area (TPSA) is 46.4 Å². The SMILES string of the molecule is CC(C)N(C)c1ccccc1I.O=[N+]([O-])c1ccccc1F. The lowest BCUT2D eigenvalue weighted by molar-refractivity contribution is -0.387. The zero-order valence-corrected chi connectivity index (χ0v) is 14.8. The van der Waals surface area contributed by atoms with Gasteiger partial charge in [0.1, 0.15) is 0 Å². The van der Waals surface area contributed by atoms with Crippen molar-refractivity contribution in [3.8, 4) is 0 Å². The van der Waals surface area contributed by atoms with E-state index >= 15 is 0 Å². The molecule has 0 spiro atoms. The molecule has 0 aliphatic heterocycles. The van der Waals surface area contributed by atoms with E-state index in [-0.39, 0.29) is 0 Å². The molecule has 0 unspecified atom stereocenters. The molecule has 4 nitrogen and oxygen atoms in total. The van der Waals surface area contributed by atoms with Gasteiger partial charge in [-0.1, -0.05) is 24.3 Å². The van der Waals surface area contributed by atoms with Crippen LogP contribution in [0.3, 0.4) is 0 Å². The number of hydrogen-bond acceptors (Lipinski definition) is 3. The van der Waals surface area contributed by atoms with Crippen molar-refractivity contribution < 1.29 is 9.31 Å². The van der Waals surface area contributed by atoms with Crippen molar-refractivity contribution in [2.45, 2.75) is 19.9 Å². The Morgan fingerprint density at radius 3 is 2.14 bits per heavy atom. The maximum absolute atomic E-state index is 12.4. The molecular formula is C16H18FIN2O2. The normalized spacial score (nSPS) is 9.91. The van der Waals surface area contributed by atoms with E-state index in [4.69, 9.17) is 0 Å². The highest BCUT2D eigenvalue weighted by Crippen LogP contribution is 2.22. The van der Waals surface area contributed by atoms with Crippen LogP contribution < -0.4 is 4.90 Å². The number of para-hydroxylation sites is 2. The van der Waals surface area contributed by atoms with Crippen LogP contribution in [0.1, 0.15) is 13.8 Å². The molecule has 0 fully saturated rings. The van der Waals surface area contributed by atoms with Gasteiger partial charge in [0.15, 0.2) is 0 Å².